The largest absolute Gasteiger partial charge is 0.373 e. The molecule has 0 spiro atoms. The monoisotopic (exact) mass is 292 g/mol. The first-order valence-corrected chi connectivity index (χ1v) is 8.03. The van der Waals surface area contributed by atoms with Crippen molar-refractivity contribution in [3.05, 3.63) is 34.5 Å². The van der Waals surface area contributed by atoms with Crippen molar-refractivity contribution in [2.75, 3.05) is 13.2 Å². The molecule has 5 nitrogen and oxygen atoms in total. The van der Waals surface area contributed by atoms with Crippen LogP contribution in [0.4, 0.5) is 0 Å². The van der Waals surface area contributed by atoms with E-state index in [4.69, 9.17) is 4.74 Å². The Bertz CT molecular complexity index is 525. The zero-order valence-electron chi connectivity index (χ0n) is 11.7. The van der Waals surface area contributed by atoms with E-state index in [0.29, 0.717) is 5.92 Å². The van der Waals surface area contributed by atoms with E-state index in [1.807, 2.05) is 16.4 Å². The second-order valence-electron chi connectivity index (χ2n) is 5.08. The second kappa shape index (κ2) is 6.47. The maximum atomic E-state index is 5.89. The third-order valence-electron chi connectivity index (χ3n) is 3.72. The molecule has 6 heteroatoms. The van der Waals surface area contributed by atoms with Crippen LogP contribution in [0.15, 0.2) is 23.3 Å². The molecule has 3 heterocycles. The highest BCUT2D eigenvalue weighted by atomic mass is 32.1. The molecule has 3 rings (SSSR count). The maximum Gasteiger partial charge on any atom is 0.0896 e. The van der Waals surface area contributed by atoms with Crippen LogP contribution in [0.3, 0.4) is 0 Å². The molecule has 0 amide bonds. The van der Waals surface area contributed by atoms with Crippen molar-refractivity contribution in [1.82, 2.24) is 20.1 Å². The number of aromatic nitrogens is 3. The maximum absolute atomic E-state index is 5.89. The Morgan fingerprint density at radius 2 is 2.50 bits per heavy atom. The number of rotatable bonds is 6. The van der Waals surface area contributed by atoms with Gasteiger partial charge in [0, 0.05) is 49.3 Å². The molecule has 1 N–H and O–H groups in total. The van der Waals surface area contributed by atoms with Gasteiger partial charge in [0.2, 0.25) is 0 Å². The van der Waals surface area contributed by atoms with Gasteiger partial charge in [-0.3, -0.25) is 4.68 Å². The number of nitrogens with zero attached hydrogens (tertiary/aromatic N) is 3. The van der Waals surface area contributed by atoms with Gasteiger partial charge in [-0.05, 0) is 13.3 Å². The SMILES string of the molecule is CCn1cc([C@@H]2OCC[C@H]2CNCc2cscn2)cn1. The van der Waals surface area contributed by atoms with Crippen molar-refractivity contribution in [3.8, 4) is 0 Å². The fraction of sp³-hybridized carbons (Fsp3) is 0.571. The fourth-order valence-electron chi connectivity index (χ4n) is 2.62. The van der Waals surface area contributed by atoms with Crippen LogP contribution in [0.1, 0.15) is 30.7 Å². The van der Waals surface area contributed by atoms with Crippen LogP contribution in [0, 0.1) is 5.92 Å². The predicted molar refractivity (Wildman–Crippen MR) is 78.5 cm³/mol. The minimum Gasteiger partial charge on any atom is -0.373 e. The van der Waals surface area contributed by atoms with Crippen LogP contribution < -0.4 is 5.32 Å². The molecule has 20 heavy (non-hydrogen) atoms. The molecule has 2 aromatic heterocycles. The van der Waals surface area contributed by atoms with Gasteiger partial charge in [0.1, 0.15) is 0 Å². The molecule has 1 aliphatic heterocycles. The Kier molecular flexibility index (Phi) is 4.44. The summed E-state index contributed by atoms with van der Waals surface area (Å²) < 4.78 is 7.85. The smallest absolute Gasteiger partial charge is 0.0896 e. The number of nitrogens with one attached hydrogen (secondary N) is 1. The quantitative estimate of drug-likeness (QED) is 0.887. The van der Waals surface area contributed by atoms with Crippen molar-refractivity contribution in [3.63, 3.8) is 0 Å². The van der Waals surface area contributed by atoms with Crippen LogP contribution in [-0.4, -0.2) is 27.9 Å². The van der Waals surface area contributed by atoms with E-state index >= 15 is 0 Å². The molecule has 0 saturated carbocycles. The van der Waals surface area contributed by atoms with Crippen LogP contribution in [-0.2, 0) is 17.8 Å². The normalized spacial score (nSPS) is 22.4. The van der Waals surface area contributed by atoms with Gasteiger partial charge >= 0.3 is 0 Å². The molecule has 2 aromatic rings. The molecule has 0 radical (unpaired) electrons. The second-order valence-corrected chi connectivity index (χ2v) is 5.80. The van der Waals surface area contributed by atoms with E-state index < -0.39 is 0 Å². The lowest BCUT2D eigenvalue weighted by molar-refractivity contribution is 0.0903. The zero-order valence-corrected chi connectivity index (χ0v) is 12.5. The van der Waals surface area contributed by atoms with Gasteiger partial charge in [0.15, 0.2) is 0 Å². The van der Waals surface area contributed by atoms with Crippen molar-refractivity contribution < 1.29 is 4.74 Å². The number of ether oxygens (including phenoxy) is 1. The summed E-state index contributed by atoms with van der Waals surface area (Å²) in [6.45, 7) is 5.63. The van der Waals surface area contributed by atoms with Gasteiger partial charge in [0.05, 0.1) is 23.5 Å². The van der Waals surface area contributed by atoms with Crippen molar-refractivity contribution in [2.24, 2.45) is 5.92 Å². The van der Waals surface area contributed by atoms with Crippen molar-refractivity contribution in [1.29, 1.82) is 0 Å². The lowest BCUT2D eigenvalue weighted by Gasteiger charge is -2.17. The average Bonchev–Trinajstić information content (AvgIpc) is 3.20. The summed E-state index contributed by atoms with van der Waals surface area (Å²) >= 11 is 1.64. The molecule has 0 bridgehead atoms. The van der Waals surface area contributed by atoms with E-state index in [1.165, 1.54) is 5.56 Å². The first kappa shape index (κ1) is 13.7. The molecule has 0 aromatic carbocycles. The molecule has 2 atom stereocenters. The lowest BCUT2D eigenvalue weighted by Crippen LogP contribution is -2.24. The van der Waals surface area contributed by atoms with Crippen LogP contribution in [0.2, 0.25) is 0 Å². The van der Waals surface area contributed by atoms with Gasteiger partial charge in [-0.25, -0.2) is 4.98 Å². The van der Waals surface area contributed by atoms with E-state index in [0.717, 1.165) is 38.4 Å². The molecule has 1 fully saturated rings. The van der Waals surface area contributed by atoms with Gasteiger partial charge in [-0.15, -0.1) is 11.3 Å². The Hall–Kier alpha value is -1.24. The molecular formula is C14H20N4OS. The Morgan fingerprint density at radius 3 is 3.25 bits per heavy atom. The van der Waals surface area contributed by atoms with E-state index in [-0.39, 0.29) is 6.10 Å². The van der Waals surface area contributed by atoms with Crippen molar-refractivity contribution >= 4 is 11.3 Å². The Labute approximate surface area is 123 Å². The lowest BCUT2D eigenvalue weighted by atomic mass is 9.97. The number of hydrogen-bond acceptors (Lipinski definition) is 5. The minimum atomic E-state index is 0.179. The molecule has 0 aliphatic carbocycles. The van der Waals surface area contributed by atoms with Crippen LogP contribution in [0.5, 0.6) is 0 Å². The first-order valence-electron chi connectivity index (χ1n) is 7.08. The highest BCUT2D eigenvalue weighted by molar-refractivity contribution is 7.07. The third kappa shape index (κ3) is 3.08. The van der Waals surface area contributed by atoms with Crippen LogP contribution >= 0.6 is 11.3 Å². The van der Waals surface area contributed by atoms with E-state index in [1.54, 1.807) is 11.3 Å². The summed E-state index contributed by atoms with van der Waals surface area (Å²) in [5.41, 5.74) is 4.19. The number of hydrogen-bond donors (Lipinski definition) is 1. The minimum absolute atomic E-state index is 0.179. The highest BCUT2D eigenvalue weighted by Gasteiger charge is 2.30. The summed E-state index contributed by atoms with van der Waals surface area (Å²) in [7, 11) is 0. The third-order valence-corrected chi connectivity index (χ3v) is 4.35. The summed E-state index contributed by atoms with van der Waals surface area (Å²) in [6, 6.07) is 0. The fourth-order valence-corrected chi connectivity index (χ4v) is 3.18. The van der Waals surface area contributed by atoms with Gasteiger partial charge in [0.25, 0.3) is 0 Å². The highest BCUT2D eigenvalue weighted by Crippen LogP contribution is 2.33. The van der Waals surface area contributed by atoms with Gasteiger partial charge in [-0.2, -0.15) is 5.10 Å². The summed E-state index contributed by atoms with van der Waals surface area (Å²) in [5, 5.41) is 9.91. The zero-order chi connectivity index (χ0) is 13.8. The molecule has 1 saturated heterocycles. The molecular weight excluding hydrogens is 272 g/mol. The van der Waals surface area contributed by atoms with E-state index in [2.05, 4.69) is 33.9 Å². The van der Waals surface area contributed by atoms with Gasteiger partial charge < -0.3 is 10.1 Å². The number of aryl methyl sites for hydroxylation is 1. The molecule has 108 valence electrons. The average molecular weight is 292 g/mol. The summed E-state index contributed by atoms with van der Waals surface area (Å²) in [5.74, 6) is 0.517. The molecule has 1 aliphatic rings. The van der Waals surface area contributed by atoms with Crippen LogP contribution in [0.25, 0.3) is 0 Å². The standard InChI is InChI=1S/C14H20N4OS/c1-2-18-8-12(6-17-18)14-11(3-4-19-14)5-15-7-13-9-20-10-16-13/h6,8-11,14-15H,2-5,7H2,1H3/t11-,14+/m0/s1. The van der Waals surface area contributed by atoms with Gasteiger partial charge in [-0.1, -0.05) is 0 Å². The summed E-state index contributed by atoms with van der Waals surface area (Å²) in [4.78, 5) is 4.28. The molecule has 0 unspecified atom stereocenters. The topological polar surface area (TPSA) is 52.0 Å². The summed E-state index contributed by atoms with van der Waals surface area (Å²) in [6.07, 6.45) is 5.32. The number of thiazole rings is 1. The Morgan fingerprint density at radius 1 is 1.55 bits per heavy atom. The van der Waals surface area contributed by atoms with E-state index in [9.17, 15) is 0 Å². The first-order chi connectivity index (χ1) is 9.86. The predicted octanol–water partition coefficient (Wildman–Crippen LogP) is 2.23. The van der Waals surface area contributed by atoms with Crippen molar-refractivity contribution in [2.45, 2.75) is 32.5 Å². The Balaban J connectivity index is 1.55.